The predicted molar refractivity (Wildman–Crippen MR) is 119 cm³/mol. The molecule has 8 heteroatoms. The Morgan fingerprint density at radius 1 is 1.17 bits per heavy atom. The van der Waals surface area contributed by atoms with Gasteiger partial charge in [0.1, 0.15) is 5.82 Å². The maximum absolute atomic E-state index is 13.8. The van der Waals surface area contributed by atoms with Crippen molar-refractivity contribution in [2.45, 2.75) is 19.5 Å². The summed E-state index contributed by atoms with van der Waals surface area (Å²) in [6, 6.07) is 12.8. The molecule has 2 heterocycles. The molecular weight excluding hydrogens is 475 g/mol. The van der Waals surface area contributed by atoms with Crippen LogP contribution in [0.4, 0.5) is 10.1 Å². The van der Waals surface area contributed by atoms with Crippen molar-refractivity contribution in [3.63, 3.8) is 0 Å². The Morgan fingerprint density at radius 2 is 2.07 bits per heavy atom. The van der Waals surface area contributed by atoms with E-state index in [4.69, 9.17) is 11.6 Å². The Hall–Kier alpha value is -2.22. The molecule has 4 aromatic rings. The molecule has 0 aliphatic rings. The molecule has 0 atom stereocenters. The first-order valence-corrected chi connectivity index (χ1v) is 11.0. The van der Waals surface area contributed by atoms with Gasteiger partial charge in [0.15, 0.2) is 4.80 Å². The van der Waals surface area contributed by atoms with Crippen LogP contribution in [0, 0.1) is 5.82 Å². The van der Waals surface area contributed by atoms with Gasteiger partial charge in [-0.25, -0.2) is 14.4 Å². The first-order chi connectivity index (χ1) is 14.1. The number of halogens is 3. The molecule has 0 spiro atoms. The minimum atomic E-state index is -0.469. The van der Waals surface area contributed by atoms with Gasteiger partial charge in [0.25, 0.3) is 0 Å². The van der Waals surface area contributed by atoms with Crippen LogP contribution in [-0.4, -0.2) is 14.1 Å². The summed E-state index contributed by atoms with van der Waals surface area (Å²) in [5.74, 6) is -0.469. The number of nitrogens with zero attached hydrogens (tertiary/aromatic N) is 4. The van der Waals surface area contributed by atoms with E-state index in [1.54, 1.807) is 12.3 Å². The first kappa shape index (κ1) is 20.1. The van der Waals surface area contributed by atoms with Crippen LogP contribution in [0.5, 0.6) is 0 Å². The molecule has 0 aliphatic carbocycles. The van der Waals surface area contributed by atoms with Crippen molar-refractivity contribution in [2.75, 3.05) is 0 Å². The second-order valence-electron chi connectivity index (χ2n) is 6.43. The molecular formula is C21H17BrClFN4S. The Kier molecular flexibility index (Phi) is 6.28. The number of rotatable bonds is 6. The van der Waals surface area contributed by atoms with Crippen molar-refractivity contribution in [1.82, 2.24) is 14.1 Å². The summed E-state index contributed by atoms with van der Waals surface area (Å²) in [6.07, 6.45) is 6.46. The fourth-order valence-electron chi connectivity index (χ4n) is 3.01. The van der Waals surface area contributed by atoms with E-state index >= 15 is 0 Å². The van der Waals surface area contributed by atoms with Crippen LogP contribution in [0.2, 0.25) is 5.02 Å². The van der Waals surface area contributed by atoms with Crippen LogP contribution in [0.3, 0.4) is 0 Å². The lowest BCUT2D eigenvalue weighted by molar-refractivity contribution is 0.559. The average molecular weight is 492 g/mol. The molecule has 0 amide bonds. The van der Waals surface area contributed by atoms with E-state index < -0.39 is 5.82 Å². The number of thiazole rings is 1. The molecule has 0 fully saturated rings. The fourth-order valence-corrected chi connectivity index (χ4v) is 4.48. The summed E-state index contributed by atoms with van der Waals surface area (Å²) in [6.45, 7) is 1.63. The van der Waals surface area contributed by atoms with Gasteiger partial charge < -0.3 is 9.13 Å². The first-order valence-electron chi connectivity index (χ1n) is 9.00. The van der Waals surface area contributed by atoms with Crippen molar-refractivity contribution in [3.8, 4) is 11.3 Å². The van der Waals surface area contributed by atoms with Gasteiger partial charge >= 0.3 is 0 Å². The summed E-state index contributed by atoms with van der Waals surface area (Å²) in [5.41, 5.74) is 2.72. The fraction of sp³-hybridized carbons (Fsp3) is 0.143. The molecule has 2 aromatic carbocycles. The van der Waals surface area contributed by atoms with E-state index in [0.29, 0.717) is 5.69 Å². The number of benzene rings is 2. The van der Waals surface area contributed by atoms with Gasteiger partial charge in [-0.2, -0.15) is 0 Å². The summed E-state index contributed by atoms with van der Waals surface area (Å²) >= 11 is 10.9. The van der Waals surface area contributed by atoms with E-state index in [0.717, 1.165) is 40.0 Å². The predicted octanol–water partition coefficient (Wildman–Crippen LogP) is 6.29. The number of imidazole rings is 1. The molecule has 0 saturated heterocycles. The normalized spacial score (nSPS) is 11.9. The van der Waals surface area contributed by atoms with Crippen LogP contribution >= 0.6 is 38.9 Å². The molecule has 0 saturated carbocycles. The van der Waals surface area contributed by atoms with Gasteiger partial charge in [-0.05, 0) is 30.7 Å². The Labute approximate surface area is 185 Å². The molecule has 0 aliphatic heterocycles. The van der Waals surface area contributed by atoms with E-state index in [1.165, 1.54) is 23.5 Å². The maximum Gasteiger partial charge on any atom is 0.190 e. The van der Waals surface area contributed by atoms with Gasteiger partial charge in [0, 0.05) is 47.0 Å². The molecule has 29 heavy (non-hydrogen) atoms. The standard InChI is InChI=1S/C21H17BrClFN4S/c22-16-4-1-3-15(11-16)20-13-29-21(26-17-5-6-18(23)19(24)12-17)28(20)9-2-8-27-10-7-25-14-27/h1,3-7,10-14H,2,8-9H2. The third kappa shape index (κ3) is 4.86. The summed E-state index contributed by atoms with van der Waals surface area (Å²) in [4.78, 5) is 9.58. The molecule has 0 radical (unpaired) electrons. The number of aromatic nitrogens is 3. The molecule has 0 bridgehead atoms. The maximum atomic E-state index is 13.8. The van der Waals surface area contributed by atoms with Crippen LogP contribution in [0.15, 0.2) is 76.0 Å². The van der Waals surface area contributed by atoms with Gasteiger partial charge in [-0.1, -0.05) is 39.7 Å². The SMILES string of the molecule is Fc1cc(N=c2scc(-c3cccc(Br)c3)n2CCCn2ccnc2)ccc1Cl. The number of aryl methyl sites for hydroxylation is 1. The molecule has 0 N–H and O–H groups in total. The third-order valence-corrected chi connectivity index (χ3v) is 6.07. The molecule has 4 rings (SSSR count). The lowest BCUT2D eigenvalue weighted by Gasteiger charge is -2.10. The lowest BCUT2D eigenvalue weighted by atomic mass is 10.2. The van der Waals surface area contributed by atoms with Crippen LogP contribution < -0.4 is 4.80 Å². The Morgan fingerprint density at radius 3 is 2.83 bits per heavy atom. The van der Waals surface area contributed by atoms with E-state index in [-0.39, 0.29) is 5.02 Å². The summed E-state index contributed by atoms with van der Waals surface area (Å²) < 4.78 is 19.1. The Balaban J connectivity index is 1.71. The summed E-state index contributed by atoms with van der Waals surface area (Å²) in [5, 5.41) is 2.18. The molecule has 0 unspecified atom stereocenters. The van der Waals surface area contributed by atoms with E-state index in [2.05, 4.69) is 52.6 Å². The van der Waals surface area contributed by atoms with Gasteiger partial charge in [0.2, 0.25) is 0 Å². The van der Waals surface area contributed by atoms with Crippen molar-refractivity contribution in [3.05, 3.63) is 86.7 Å². The third-order valence-electron chi connectivity index (χ3n) is 4.40. The second kappa shape index (κ2) is 9.07. The van der Waals surface area contributed by atoms with E-state index in [1.807, 2.05) is 24.7 Å². The lowest BCUT2D eigenvalue weighted by Crippen LogP contribution is -2.17. The second-order valence-corrected chi connectivity index (χ2v) is 8.59. The minimum absolute atomic E-state index is 0.0955. The van der Waals surface area contributed by atoms with Crippen LogP contribution in [0.25, 0.3) is 11.3 Å². The zero-order chi connectivity index (χ0) is 20.2. The minimum Gasteiger partial charge on any atom is -0.337 e. The molecule has 2 aromatic heterocycles. The topological polar surface area (TPSA) is 35.1 Å². The molecule has 4 nitrogen and oxygen atoms in total. The highest BCUT2D eigenvalue weighted by atomic mass is 79.9. The zero-order valence-electron chi connectivity index (χ0n) is 15.3. The number of hydrogen-bond acceptors (Lipinski definition) is 3. The Bertz CT molecular complexity index is 1180. The van der Waals surface area contributed by atoms with Gasteiger partial charge in [-0.15, -0.1) is 11.3 Å². The highest BCUT2D eigenvalue weighted by Gasteiger charge is 2.09. The van der Waals surface area contributed by atoms with Gasteiger partial charge in [-0.3, -0.25) is 0 Å². The smallest absolute Gasteiger partial charge is 0.190 e. The average Bonchev–Trinajstić information content (AvgIpc) is 3.35. The highest BCUT2D eigenvalue weighted by molar-refractivity contribution is 9.10. The van der Waals surface area contributed by atoms with Crippen molar-refractivity contribution < 1.29 is 4.39 Å². The van der Waals surface area contributed by atoms with Crippen molar-refractivity contribution in [1.29, 1.82) is 0 Å². The highest BCUT2D eigenvalue weighted by Crippen LogP contribution is 2.25. The monoisotopic (exact) mass is 490 g/mol. The summed E-state index contributed by atoms with van der Waals surface area (Å²) in [7, 11) is 0. The van der Waals surface area contributed by atoms with Crippen LogP contribution in [-0.2, 0) is 13.1 Å². The van der Waals surface area contributed by atoms with Gasteiger partial charge in [0.05, 0.1) is 22.7 Å². The van der Waals surface area contributed by atoms with Crippen LogP contribution in [0.1, 0.15) is 6.42 Å². The number of hydrogen-bond donors (Lipinski definition) is 0. The zero-order valence-corrected chi connectivity index (χ0v) is 18.5. The quantitative estimate of drug-likeness (QED) is 0.312. The van der Waals surface area contributed by atoms with Crippen molar-refractivity contribution >= 4 is 44.6 Å². The molecule has 148 valence electrons. The van der Waals surface area contributed by atoms with Crippen molar-refractivity contribution in [2.24, 2.45) is 4.99 Å². The largest absolute Gasteiger partial charge is 0.337 e. The van der Waals surface area contributed by atoms with E-state index in [9.17, 15) is 4.39 Å².